The summed E-state index contributed by atoms with van der Waals surface area (Å²) in [4.78, 5) is 0. The average molecular weight is 239 g/mol. The van der Waals surface area contributed by atoms with Crippen LogP contribution in [0.5, 0.6) is 0 Å². The number of rotatable bonds is 0. The molecule has 1 aliphatic carbocycles. The van der Waals surface area contributed by atoms with Crippen LogP contribution in [0.25, 0.3) is 0 Å². The molecule has 2 nitrogen and oxygen atoms in total. The van der Waals surface area contributed by atoms with Crippen molar-refractivity contribution in [2.24, 2.45) is 11.3 Å². The molecule has 0 bridgehead atoms. The van der Waals surface area contributed by atoms with Gasteiger partial charge in [0.15, 0.2) is 0 Å². The normalized spacial score (nSPS) is 40.2. The molecule has 17 heavy (non-hydrogen) atoms. The summed E-state index contributed by atoms with van der Waals surface area (Å²) in [7, 11) is 0. The Morgan fingerprint density at radius 2 is 1.94 bits per heavy atom. The molecule has 1 saturated heterocycles. The van der Waals surface area contributed by atoms with E-state index >= 15 is 0 Å². The van der Waals surface area contributed by atoms with E-state index in [4.69, 9.17) is 4.74 Å². The molecular weight excluding hydrogens is 210 g/mol. The third-order valence-corrected chi connectivity index (χ3v) is 4.69. The van der Waals surface area contributed by atoms with E-state index in [1.54, 1.807) is 0 Å². The lowest BCUT2D eigenvalue weighted by Gasteiger charge is -2.41. The Morgan fingerprint density at radius 3 is 2.59 bits per heavy atom. The molecule has 100 valence electrons. The molecule has 3 atom stereocenters. The van der Waals surface area contributed by atoms with Crippen molar-refractivity contribution in [2.45, 2.75) is 71.5 Å². The highest BCUT2D eigenvalue weighted by Crippen LogP contribution is 2.41. The van der Waals surface area contributed by atoms with Crippen LogP contribution in [0.1, 0.15) is 59.8 Å². The summed E-state index contributed by atoms with van der Waals surface area (Å²) in [5.41, 5.74) is 0.608. The number of hydrogen-bond acceptors (Lipinski definition) is 2. The molecule has 3 unspecified atom stereocenters. The average Bonchev–Trinajstić information content (AvgIpc) is 2.40. The fraction of sp³-hybridized carbons (Fsp3) is 1.00. The van der Waals surface area contributed by atoms with Crippen molar-refractivity contribution >= 4 is 0 Å². The van der Waals surface area contributed by atoms with Gasteiger partial charge in [-0.05, 0) is 43.9 Å². The van der Waals surface area contributed by atoms with Gasteiger partial charge in [-0.3, -0.25) is 0 Å². The molecule has 1 N–H and O–H groups in total. The highest BCUT2D eigenvalue weighted by Gasteiger charge is 2.39. The van der Waals surface area contributed by atoms with Crippen LogP contribution < -0.4 is 5.32 Å². The highest BCUT2D eigenvalue weighted by atomic mass is 16.5. The van der Waals surface area contributed by atoms with Crippen molar-refractivity contribution < 1.29 is 4.74 Å². The second-order valence-electron chi connectivity index (χ2n) is 7.24. The minimum absolute atomic E-state index is 0.150. The van der Waals surface area contributed by atoms with Crippen LogP contribution in [0.3, 0.4) is 0 Å². The summed E-state index contributed by atoms with van der Waals surface area (Å²) in [5.74, 6) is 0.864. The van der Waals surface area contributed by atoms with Crippen LogP contribution in [0.15, 0.2) is 0 Å². The van der Waals surface area contributed by atoms with Gasteiger partial charge < -0.3 is 10.1 Å². The van der Waals surface area contributed by atoms with Gasteiger partial charge in [0.25, 0.3) is 0 Å². The molecule has 2 heteroatoms. The fourth-order valence-electron chi connectivity index (χ4n) is 3.55. The first-order valence-electron chi connectivity index (χ1n) is 7.30. The summed E-state index contributed by atoms with van der Waals surface area (Å²) in [5, 5.41) is 3.55. The highest BCUT2D eigenvalue weighted by molar-refractivity contribution is 4.92. The molecule has 1 aliphatic heterocycles. The van der Waals surface area contributed by atoms with E-state index in [1.807, 2.05) is 0 Å². The maximum Gasteiger partial charge on any atom is 0.0810 e. The number of ether oxygens (including phenoxy) is 1. The fourth-order valence-corrected chi connectivity index (χ4v) is 3.55. The van der Waals surface area contributed by atoms with Crippen LogP contribution >= 0.6 is 0 Å². The van der Waals surface area contributed by atoms with Gasteiger partial charge in [0.1, 0.15) is 0 Å². The first kappa shape index (κ1) is 13.4. The standard InChI is InChI=1S/C15H29NO/c1-12-10-16-11-15(17-12)8-5-6-13(7-9-15)14(2,3)4/h12-13,16H,5-11H2,1-4H3. The Morgan fingerprint density at radius 1 is 1.18 bits per heavy atom. The number of morpholine rings is 1. The Hall–Kier alpha value is -0.0800. The lowest BCUT2D eigenvalue weighted by atomic mass is 9.76. The van der Waals surface area contributed by atoms with E-state index in [1.165, 1.54) is 32.1 Å². The number of nitrogens with one attached hydrogen (secondary N) is 1. The van der Waals surface area contributed by atoms with Gasteiger partial charge in [0.2, 0.25) is 0 Å². The van der Waals surface area contributed by atoms with E-state index < -0.39 is 0 Å². The zero-order valence-corrected chi connectivity index (χ0v) is 12.0. The Balaban J connectivity index is 1.99. The van der Waals surface area contributed by atoms with E-state index in [0.29, 0.717) is 11.5 Å². The lowest BCUT2D eigenvalue weighted by Crippen LogP contribution is -2.52. The molecule has 1 heterocycles. The van der Waals surface area contributed by atoms with E-state index in [2.05, 4.69) is 33.0 Å². The predicted molar refractivity (Wildman–Crippen MR) is 72.2 cm³/mol. The summed E-state index contributed by atoms with van der Waals surface area (Å²) in [6.07, 6.45) is 6.91. The maximum absolute atomic E-state index is 6.29. The van der Waals surface area contributed by atoms with Crippen LogP contribution in [0, 0.1) is 11.3 Å². The van der Waals surface area contributed by atoms with E-state index in [-0.39, 0.29) is 5.60 Å². The van der Waals surface area contributed by atoms with E-state index in [9.17, 15) is 0 Å². The first-order valence-corrected chi connectivity index (χ1v) is 7.30. The molecule has 0 aromatic carbocycles. The zero-order valence-electron chi connectivity index (χ0n) is 12.0. The second kappa shape index (κ2) is 4.89. The third kappa shape index (κ3) is 3.23. The van der Waals surface area contributed by atoms with E-state index in [0.717, 1.165) is 19.0 Å². The number of hydrogen-bond donors (Lipinski definition) is 1. The molecule has 2 aliphatic rings. The lowest BCUT2D eigenvalue weighted by molar-refractivity contribution is -0.117. The van der Waals surface area contributed by atoms with Crippen LogP contribution in [0.2, 0.25) is 0 Å². The van der Waals surface area contributed by atoms with Crippen LogP contribution in [-0.2, 0) is 4.74 Å². The van der Waals surface area contributed by atoms with Gasteiger partial charge in [0.05, 0.1) is 11.7 Å². The molecule has 0 aromatic rings. The van der Waals surface area contributed by atoms with Crippen molar-refractivity contribution in [1.29, 1.82) is 0 Å². The van der Waals surface area contributed by atoms with Crippen molar-refractivity contribution in [2.75, 3.05) is 13.1 Å². The Labute approximate surface area is 107 Å². The Bertz CT molecular complexity index is 258. The third-order valence-electron chi connectivity index (χ3n) is 4.69. The minimum Gasteiger partial charge on any atom is -0.369 e. The van der Waals surface area contributed by atoms with Gasteiger partial charge in [-0.15, -0.1) is 0 Å². The smallest absolute Gasteiger partial charge is 0.0810 e. The molecule has 0 aromatic heterocycles. The van der Waals surface area contributed by atoms with Crippen molar-refractivity contribution in [3.8, 4) is 0 Å². The molecule has 2 fully saturated rings. The van der Waals surface area contributed by atoms with Gasteiger partial charge in [-0.2, -0.15) is 0 Å². The topological polar surface area (TPSA) is 21.3 Å². The second-order valence-corrected chi connectivity index (χ2v) is 7.24. The van der Waals surface area contributed by atoms with Gasteiger partial charge in [0, 0.05) is 13.1 Å². The van der Waals surface area contributed by atoms with Crippen molar-refractivity contribution in [3.05, 3.63) is 0 Å². The summed E-state index contributed by atoms with van der Waals surface area (Å²) >= 11 is 0. The van der Waals surface area contributed by atoms with Gasteiger partial charge >= 0.3 is 0 Å². The monoisotopic (exact) mass is 239 g/mol. The first-order chi connectivity index (χ1) is 7.91. The minimum atomic E-state index is 0.150. The largest absolute Gasteiger partial charge is 0.369 e. The zero-order chi connectivity index (χ0) is 12.5. The SMILES string of the molecule is CC1CNCC2(CCCC(C(C)(C)C)CC2)O1. The molecule has 2 rings (SSSR count). The van der Waals surface area contributed by atoms with Crippen molar-refractivity contribution in [1.82, 2.24) is 5.32 Å². The molecule has 1 saturated carbocycles. The molecular formula is C15H29NO. The Kier molecular flexibility index (Phi) is 3.84. The van der Waals surface area contributed by atoms with Crippen LogP contribution in [-0.4, -0.2) is 24.8 Å². The summed E-state index contributed by atoms with van der Waals surface area (Å²) < 4.78 is 6.29. The molecule has 1 spiro atoms. The van der Waals surface area contributed by atoms with Gasteiger partial charge in [-0.1, -0.05) is 27.2 Å². The van der Waals surface area contributed by atoms with Gasteiger partial charge in [-0.25, -0.2) is 0 Å². The molecule has 0 radical (unpaired) electrons. The molecule has 0 amide bonds. The van der Waals surface area contributed by atoms with Crippen LogP contribution in [0.4, 0.5) is 0 Å². The summed E-state index contributed by atoms with van der Waals surface area (Å²) in [6, 6.07) is 0. The van der Waals surface area contributed by atoms with Crippen molar-refractivity contribution in [3.63, 3.8) is 0 Å². The maximum atomic E-state index is 6.29. The quantitative estimate of drug-likeness (QED) is 0.700. The summed E-state index contributed by atoms with van der Waals surface area (Å²) in [6.45, 7) is 11.4. The predicted octanol–water partition coefficient (Wildman–Crippen LogP) is 3.36.